The van der Waals surface area contributed by atoms with Crippen LogP contribution in [0.5, 0.6) is 5.88 Å². The minimum absolute atomic E-state index is 0.269. The van der Waals surface area contributed by atoms with Crippen molar-refractivity contribution in [3.63, 3.8) is 0 Å². The van der Waals surface area contributed by atoms with Crippen molar-refractivity contribution < 1.29 is 4.74 Å². The van der Waals surface area contributed by atoms with E-state index in [1.807, 2.05) is 19.1 Å². The van der Waals surface area contributed by atoms with Gasteiger partial charge in [0.25, 0.3) is 0 Å². The Morgan fingerprint density at radius 1 is 1.25 bits per heavy atom. The van der Waals surface area contributed by atoms with Gasteiger partial charge in [-0.2, -0.15) is 0 Å². The number of nitrogen functional groups attached to an aromatic ring is 1. The highest BCUT2D eigenvalue weighted by molar-refractivity contribution is 5.59. The molecule has 0 aliphatic rings. The van der Waals surface area contributed by atoms with E-state index in [2.05, 4.69) is 15.0 Å². The van der Waals surface area contributed by atoms with Gasteiger partial charge in [-0.15, -0.1) is 0 Å². The molecule has 2 aromatic rings. The second-order valence-electron chi connectivity index (χ2n) is 3.34. The lowest BCUT2D eigenvalue weighted by molar-refractivity contribution is 0.398. The molecule has 5 heteroatoms. The first-order valence-corrected chi connectivity index (χ1v) is 4.80. The van der Waals surface area contributed by atoms with Crippen molar-refractivity contribution in [2.45, 2.75) is 6.92 Å². The second kappa shape index (κ2) is 4.14. The van der Waals surface area contributed by atoms with E-state index in [-0.39, 0.29) is 5.95 Å². The molecule has 0 saturated carbocycles. The summed E-state index contributed by atoms with van der Waals surface area (Å²) in [4.78, 5) is 12.3. The van der Waals surface area contributed by atoms with Gasteiger partial charge in [-0.25, -0.2) is 15.0 Å². The molecule has 0 bridgehead atoms. The molecular weight excluding hydrogens is 204 g/mol. The fourth-order valence-corrected chi connectivity index (χ4v) is 1.39. The monoisotopic (exact) mass is 216 g/mol. The third kappa shape index (κ3) is 2.08. The fourth-order valence-electron chi connectivity index (χ4n) is 1.39. The van der Waals surface area contributed by atoms with E-state index in [1.165, 1.54) is 0 Å². The maximum Gasteiger partial charge on any atom is 0.220 e. The zero-order valence-corrected chi connectivity index (χ0v) is 9.14. The molecule has 0 fully saturated rings. The molecule has 0 saturated heterocycles. The van der Waals surface area contributed by atoms with Crippen molar-refractivity contribution in [3.8, 4) is 17.1 Å². The summed E-state index contributed by atoms with van der Waals surface area (Å²) in [6.07, 6.45) is 1.69. The minimum atomic E-state index is 0.269. The standard InChI is InChI=1S/C11H12N4O/c1-7-5-9(15-11(12)14-7)8-3-4-10(16-2)13-6-8/h3-6H,1-2H3,(H2,12,14,15). The smallest absolute Gasteiger partial charge is 0.220 e. The fraction of sp³-hybridized carbons (Fsp3) is 0.182. The maximum atomic E-state index is 5.59. The van der Waals surface area contributed by atoms with E-state index < -0.39 is 0 Å². The number of pyridine rings is 1. The number of rotatable bonds is 2. The Labute approximate surface area is 93.3 Å². The number of hydrogen-bond acceptors (Lipinski definition) is 5. The molecule has 2 N–H and O–H groups in total. The average Bonchev–Trinajstić information content (AvgIpc) is 2.28. The van der Waals surface area contributed by atoms with E-state index in [4.69, 9.17) is 10.5 Å². The minimum Gasteiger partial charge on any atom is -0.481 e. The summed E-state index contributed by atoms with van der Waals surface area (Å²) in [6.45, 7) is 1.87. The third-order valence-electron chi connectivity index (χ3n) is 2.11. The Kier molecular flexibility index (Phi) is 2.68. The number of aromatic nitrogens is 3. The van der Waals surface area contributed by atoms with Crippen molar-refractivity contribution in [2.24, 2.45) is 0 Å². The Balaban J connectivity index is 2.42. The third-order valence-corrected chi connectivity index (χ3v) is 2.11. The zero-order chi connectivity index (χ0) is 11.5. The van der Waals surface area contributed by atoms with Gasteiger partial charge < -0.3 is 10.5 Å². The van der Waals surface area contributed by atoms with Crippen LogP contribution >= 0.6 is 0 Å². The molecule has 0 amide bonds. The lowest BCUT2D eigenvalue weighted by Crippen LogP contribution is -1.98. The number of nitrogens with two attached hydrogens (primary N) is 1. The van der Waals surface area contributed by atoms with Crippen molar-refractivity contribution in [2.75, 3.05) is 12.8 Å². The highest BCUT2D eigenvalue weighted by Gasteiger charge is 2.03. The molecule has 0 atom stereocenters. The van der Waals surface area contributed by atoms with Crippen LogP contribution in [0.4, 0.5) is 5.95 Å². The molecule has 0 radical (unpaired) electrons. The summed E-state index contributed by atoms with van der Waals surface area (Å²) in [5, 5.41) is 0. The van der Waals surface area contributed by atoms with E-state index in [0.29, 0.717) is 5.88 Å². The van der Waals surface area contributed by atoms with Gasteiger partial charge in [-0.05, 0) is 19.1 Å². The van der Waals surface area contributed by atoms with E-state index in [0.717, 1.165) is 17.0 Å². The number of ether oxygens (including phenoxy) is 1. The van der Waals surface area contributed by atoms with Crippen LogP contribution in [0.1, 0.15) is 5.69 Å². The molecule has 2 aromatic heterocycles. The Hall–Kier alpha value is -2.17. The Morgan fingerprint density at radius 3 is 2.62 bits per heavy atom. The summed E-state index contributed by atoms with van der Waals surface area (Å²) in [7, 11) is 1.58. The van der Waals surface area contributed by atoms with Crippen LogP contribution in [-0.2, 0) is 0 Å². The Bertz CT molecular complexity index is 476. The molecule has 0 aromatic carbocycles. The maximum absolute atomic E-state index is 5.59. The topological polar surface area (TPSA) is 73.9 Å². The summed E-state index contributed by atoms with van der Waals surface area (Å²) in [5.74, 6) is 0.841. The highest BCUT2D eigenvalue weighted by atomic mass is 16.5. The molecule has 2 rings (SSSR count). The highest BCUT2D eigenvalue weighted by Crippen LogP contribution is 2.19. The summed E-state index contributed by atoms with van der Waals surface area (Å²) < 4.78 is 4.98. The lowest BCUT2D eigenvalue weighted by atomic mass is 10.2. The van der Waals surface area contributed by atoms with Gasteiger partial charge in [-0.3, -0.25) is 0 Å². The van der Waals surface area contributed by atoms with Gasteiger partial charge in [0.15, 0.2) is 0 Å². The van der Waals surface area contributed by atoms with Crippen LogP contribution in [0, 0.1) is 6.92 Å². The van der Waals surface area contributed by atoms with Crippen molar-refractivity contribution in [3.05, 3.63) is 30.1 Å². The summed E-state index contributed by atoms with van der Waals surface area (Å²) >= 11 is 0. The second-order valence-corrected chi connectivity index (χ2v) is 3.34. The molecule has 0 aliphatic heterocycles. The first-order valence-electron chi connectivity index (χ1n) is 4.80. The van der Waals surface area contributed by atoms with Crippen LogP contribution in [0.15, 0.2) is 24.4 Å². The SMILES string of the molecule is COc1ccc(-c2cc(C)nc(N)n2)cn1. The van der Waals surface area contributed by atoms with Crippen molar-refractivity contribution in [1.82, 2.24) is 15.0 Å². The zero-order valence-electron chi connectivity index (χ0n) is 9.14. The molecule has 82 valence electrons. The Morgan fingerprint density at radius 2 is 2.06 bits per heavy atom. The normalized spacial score (nSPS) is 10.1. The van der Waals surface area contributed by atoms with Crippen LogP contribution in [-0.4, -0.2) is 22.1 Å². The molecule has 0 unspecified atom stereocenters. The quantitative estimate of drug-likeness (QED) is 0.822. The number of hydrogen-bond donors (Lipinski definition) is 1. The number of methoxy groups -OCH3 is 1. The molecule has 16 heavy (non-hydrogen) atoms. The molecule has 0 aliphatic carbocycles. The number of aryl methyl sites for hydroxylation is 1. The van der Waals surface area contributed by atoms with E-state index >= 15 is 0 Å². The van der Waals surface area contributed by atoms with Crippen LogP contribution in [0.25, 0.3) is 11.3 Å². The molecule has 0 spiro atoms. The van der Waals surface area contributed by atoms with Gasteiger partial charge in [-0.1, -0.05) is 0 Å². The number of anilines is 1. The number of nitrogens with zero attached hydrogens (tertiary/aromatic N) is 3. The summed E-state index contributed by atoms with van der Waals surface area (Å²) in [6, 6.07) is 5.52. The molecule has 2 heterocycles. The van der Waals surface area contributed by atoms with Crippen LogP contribution in [0.3, 0.4) is 0 Å². The van der Waals surface area contributed by atoms with Crippen molar-refractivity contribution >= 4 is 5.95 Å². The van der Waals surface area contributed by atoms with Crippen LogP contribution < -0.4 is 10.5 Å². The lowest BCUT2D eigenvalue weighted by Gasteiger charge is -2.03. The van der Waals surface area contributed by atoms with Gasteiger partial charge in [0.1, 0.15) is 0 Å². The average molecular weight is 216 g/mol. The van der Waals surface area contributed by atoms with Crippen molar-refractivity contribution in [1.29, 1.82) is 0 Å². The molecular formula is C11H12N4O. The predicted molar refractivity (Wildman–Crippen MR) is 61.0 cm³/mol. The molecule has 5 nitrogen and oxygen atoms in total. The van der Waals surface area contributed by atoms with Gasteiger partial charge >= 0.3 is 0 Å². The van der Waals surface area contributed by atoms with Gasteiger partial charge in [0.05, 0.1) is 12.8 Å². The first-order chi connectivity index (χ1) is 7.69. The van der Waals surface area contributed by atoms with Gasteiger partial charge in [0.2, 0.25) is 11.8 Å². The van der Waals surface area contributed by atoms with E-state index in [9.17, 15) is 0 Å². The van der Waals surface area contributed by atoms with Crippen LogP contribution in [0.2, 0.25) is 0 Å². The van der Waals surface area contributed by atoms with Gasteiger partial charge in [0, 0.05) is 23.5 Å². The first kappa shape index (κ1) is 10.4. The van der Waals surface area contributed by atoms with E-state index in [1.54, 1.807) is 19.4 Å². The summed E-state index contributed by atoms with van der Waals surface area (Å²) in [5.41, 5.74) is 8.07. The predicted octanol–water partition coefficient (Wildman–Crippen LogP) is 1.44. The largest absolute Gasteiger partial charge is 0.481 e.